The number of benzene rings is 3. The van der Waals surface area contributed by atoms with Crippen LogP contribution in [0.5, 0.6) is 5.75 Å². The molecule has 2 aliphatic rings. The second-order valence-electron chi connectivity index (χ2n) is 12.1. The van der Waals surface area contributed by atoms with Gasteiger partial charge in [-0.3, -0.25) is 0 Å². The smallest absolute Gasteiger partial charge is 0.406 e. The zero-order valence-corrected chi connectivity index (χ0v) is 26.8. The van der Waals surface area contributed by atoms with Crippen molar-refractivity contribution < 1.29 is 22.7 Å². The fourth-order valence-electron chi connectivity index (χ4n) is 5.95. The maximum absolute atomic E-state index is 13.4. The van der Waals surface area contributed by atoms with E-state index in [4.69, 9.17) is 0 Å². The van der Waals surface area contributed by atoms with Crippen molar-refractivity contribution in [1.82, 2.24) is 20.1 Å². The first-order valence-corrected chi connectivity index (χ1v) is 16.2. The Morgan fingerprint density at radius 1 is 1.09 bits per heavy atom. The lowest BCUT2D eigenvalue weighted by molar-refractivity contribution is -0.274. The highest BCUT2D eigenvalue weighted by atomic mass is 32.2. The van der Waals surface area contributed by atoms with Crippen LogP contribution in [0.1, 0.15) is 62.6 Å². The number of nitrogens with zero attached hydrogens (tertiary/aromatic N) is 5. The fourth-order valence-corrected chi connectivity index (χ4v) is 7.16. The van der Waals surface area contributed by atoms with Crippen LogP contribution in [0.2, 0.25) is 0 Å². The molecule has 240 valence electrons. The molecule has 1 saturated carbocycles. The number of aliphatic imine (C=N–C) groups is 1. The van der Waals surface area contributed by atoms with E-state index in [2.05, 4.69) is 75.9 Å². The van der Waals surface area contributed by atoms with Crippen molar-refractivity contribution in [3.63, 3.8) is 0 Å². The normalized spacial score (nSPS) is 18.6. The molecule has 1 N–H and O–H groups in total. The maximum Gasteiger partial charge on any atom is 0.573 e. The second kappa shape index (κ2) is 12.5. The predicted octanol–water partition coefficient (Wildman–Crippen LogP) is 8.35. The minimum Gasteiger partial charge on any atom is -0.406 e. The van der Waals surface area contributed by atoms with Gasteiger partial charge in [-0.25, -0.2) is 14.5 Å². The van der Waals surface area contributed by atoms with Crippen molar-refractivity contribution in [2.75, 3.05) is 10.7 Å². The molecule has 0 radical (unpaired) electrons. The molecule has 3 aromatic carbocycles. The third-order valence-electron chi connectivity index (χ3n) is 8.37. The monoisotopic (exact) mass is 648 g/mol. The van der Waals surface area contributed by atoms with Gasteiger partial charge in [0.1, 0.15) is 12.1 Å². The second-order valence-corrected chi connectivity index (χ2v) is 13.1. The number of carbonyl (C=O) groups is 1. The number of anilines is 1. The number of thioether (sulfide) groups is 1. The summed E-state index contributed by atoms with van der Waals surface area (Å²) in [4.78, 5) is 24.6. The molecule has 2 fully saturated rings. The summed E-state index contributed by atoms with van der Waals surface area (Å²) in [5.41, 5.74) is 5.43. The number of aromatic nitrogens is 3. The Labute approximate surface area is 270 Å². The number of nitrogens with one attached hydrogen (secondary N) is 1. The Kier molecular flexibility index (Phi) is 8.58. The standard InChI is InChI=1S/C34H35F3N6O2S/c1-21(2)29-22(3)6-5-7-28(29)43-23(4)16-19-46-32(43)39-31(44)40-33(17-18-33)25-10-8-24(9-11-25)30-38-20-42(41-30)26-12-14-27(15-13-26)45-34(35,36)37/h5-15,20-21,23H,16-19H2,1-4H3,(H,40,44)/b39-32-. The Balaban J connectivity index is 1.16. The molecule has 6 rings (SSSR count). The lowest BCUT2D eigenvalue weighted by atomic mass is 9.95. The van der Waals surface area contributed by atoms with E-state index in [9.17, 15) is 18.0 Å². The van der Waals surface area contributed by atoms with Crippen LogP contribution in [-0.4, -0.2) is 44.1 Å². The molecule has 4 aromatic rings. The summed E-state index contributed by atoms with van der Waals surface area (Å²) in [6.45, 7) is 8.71. The number of aryl methyl sites for hydroxylation is 1. The van der Waals surface area contributed by atoms with Crippen LogP contribution >= 0.6 is 11.8 Å². The number of carbonyl (C=O) groups excluding carboxylic acids is 1. The summed E-state index contributed by atoms with van der Waals surface area (Å²) in [7, 11) is 0. The first-order chi connectivity index (χ1) is 21.9. The molecule has 8 nitrogen and oxygen atoms in total. The van der Waals surface area contributed by atoms with Gasteiger partial charge in [0.25, 0.3) is 0 Å². The summed E-state index contributed by atoms with van der Waals surface area (Å²) in [6, 6.07) is 19.3. The molecule has 0 spiro atoms. The molecular formula is C34H35F3N6O2S. The third-order valence-corrected chi connectivity index (χ3v) is 9.35. The van der Waals surface area contributed by atoms with Crippen molar-refractivity contribution in [2.45, 2.75) is 70.8 Å². The number of amidine groups is 1. The Morgan fingerprint density at radius 3 is 2.46 bits per heavy atom. The number of hydrogen-bond acceptors (Lipinski definition) is 5. The number of alkyl halides is 3. The van der Waals surface area contributed by atoms with Gasteiger partial charge in [-0.05, 0) is 86.1 Å². The predicted molar refractivity (Wildman–Crippen MR) is 175 cm³/mol. The highest BCUT2D eigenvalue weighted by molar-refractivity contribution is 8.14. The Hall–Kier alpha value is -4.32. The van der Waals surface area contributed by atoms with Crippen LogP contribution in [0.3, 0.4) is 0 Å². The Morgan fingerprint density at radius 2 is 1.80 bits per heavy atom. The topological polar surface area (TPSA) is 84.6 Å². The van der Waals surface area contributed by atoms with Crippen LogP contribution in [0.4, 0.5) is 23.7 Å². The molecule has 12 heteroatoms. The average Bonchev–Trinajstić information content (AvgIpc) is 3.60. The minimum absolute atomic E-state index is 0.217. The largest absolute Gasteiger partial charge is 0.573 e. The summed E-state index contributed by atoms with van der Waals surface area (Å²) in [5, 5.41) is 8.39. The fraction of sp³-hybridized carbons (Fsp3) is 0.353. The summed E-state index contributed by atoms with van der Waals surface area (Å²) in [6.07, 6.45) is -0.626. The summed E-state index contributed by atoms with van der Waals surface area (Å²) in [5.74, 6) is 1.39. The van der Waals surface area contributed by atoms with Crippen LogP contribution < -0.4 is 15.0 Å². The van der Waals surface area contributed by atoms with Crippen molar-refractivity contribution in [3.05, 3.63) is 89.7 Å². The Bertz CT molecular complexity index is 1750. The van der Waals surface area contributed by atoms with Gasteiger partial charge in [0.15, 0.2) is 11.0 Å². The molecule has 46 heavy (non-hydrogen) atoms. The zero-order valence-electron chi connectivity index (χ0n) is 26.0. The van der Waals surface area contributed by atoms with Gasteiger partial charge in [0, 0.05) is 23.0 Å². The van der Waals surface area contributed by atoms with Crippen LogP contribution in [0.25, 0.3) is 17.1 Å². The van der Waals surface area contributed by atoms with Gasteiger partial charge in [-0.1, -0.05) is 62.0 Å². The number of amides is 2. The first-order valence-electron chi connectivity index (χ1n) is 15.2. The summed E-state index contributed by atoms with van der Waals surface area (Å²) < 4.78 is 42.8. The number of rotatable bonds is 7. The minimum atomic E-state index is -4.75. The van der Waals surface area contributed by atoms with Crippen molar-refractivity contribution in [2.24, 2.45) is 4.99 Å². The molecular weight excluding hydrogens is 613 g/mol. The summed E-state index contributed by atoms with van der Waals surface area (Å²) >= 11 is 1.62. The van der Waals surface area contributed by atoms with Crippen LogP contribution in [-0.2, 0) is 5.54 Å². The molecule has 1 atom stereocenters. The van der Waals surface area contributed by atoms with Crippen LogP contribution in [0.15, 0.2) is 78.0 Å². The number of hydrogen-bond donors (Lipinski definition) is 1. The lowest BCUT2D eigenvalue weighted by Crippen LogP contribution is -2.43. The molecule has 1 unspecified atom stereocenters. The van der Waals surface area contributed by atoms with E-state index in [-0.39, 0.29) is 17.8 Å². The molecule has 1 aliphatic carbocycles. The molecule has 1 aliphatic heterocycles. The number of halogens is 3. The lowest BCUT2D eigenvalue weighted by Gasteiger charge is -2.37. The molecule has 2 amide bonds. The highest BCUT2D eigenvalue weighted by Gasteiger charge is 2.46. The van der Waals surface area contributed by atoms with E-state index in [1.807, 2.05) is 24.3 Å². The van der Waals surface area contributed by atoms with Gasteiger partial charge in [0.2, 0.25) is 0 Å². The van der Waals surface area contributed by atoms with E-state index in [1.165, 1.54) is 46.4 Å². The molecule has 0 bridgehead atoms. The number of ether oxygens (including phenoxy) is 1. The molecule has 2 heterocycles. The van der Waals surface area contributed by atoms with E-state index < -0.39 is 11.9 Å². The van der Waals surface area contributed by atoms with Gasteiger partial charge in [-0.2, -0.15) is 4.99 Å². The average molecular weight is 649 g/mol. The van der Waals surface area contributed by atoms with Gasteiger partial charge < -0.3 is 15.0 Å². The maximum atomic E-state index is 13.4. The molecule has 1 aromatic heterocycles. The first kappa shape index (κ1) is 31.7. The van der Waals surface area contributed by atoms with Crippen molar-refractivity contribution >= 4 is 28.6 Å². The molecule has 1 saturated heterocycles. The van der Waals surface area contributed by atoms with E-state index in [0.717, 1.165) is 47.0 Å². The van der Waals surface area contributed by atoms with E-state index >= 15 is 0 Å². The van der Waals surface area contributed by atoms with Gasteiger partial charge >= 0.3 is 12.4 Å². The highest BCUT2D eigenvalue weighted by Crippen LogP contribution is 2.46. The van der Waals surface area contributed by atoms with E-state index in [0.29, 0.717) is 17.4 Å². The SMILES string of the molecule is Cc1cccc(N2/C(=N/C(=O)NC3(c4ccc(-c5ncn(-c6ccc(OC(F)(F)F)cc6)n5)cc4)CC3)SCCC2C)c1C(C)C. The van der Waals surface area contributed by atoms with Crippen LogP contribution in [0, 0.1) is 6.92 Å². The van der Waals surface area contributed by atoms with Crippen molar-refractivity contribution in [3.8, 4) is 22.8 Å². The van der Waals surface area contributed by atoms with Gasteiger partial charge in [-0.15, -0.1) is 18.3 Å². The van der Waals surface area contributed by atoms with Gasteiger partial charge in [0.05, 0.1) is 11.2 Å². The quantitative estimate of drug-likeness (QED) is 0.217. The third kappa shape index (κ3) is 6.76. The zero-order chi connectivity index (χ0) is 32.6. The van der Waals surface area contributed by atoms with Crippen molar-refractivity contribution in [1.29, 1.82) is 0 Å². The number of urea groups is 1. The van der Waals surface area contributed by atoms with E-state index in [1.54, 1.807) is 11.8 Å².